The van der Waals surface area contributed by atoms with Crippen LogP contribution in [0.2, 0.25) is 0 Å². The third-order valence-electron chi connectivity index (χ3n) is 20.9. The van der Waals surface area contributed by atoms with Gasteiger partial charge in [0.05, 0.1) is 16.8 Å². The van der Waals surface area contributed by atoms with E-state index >= 15 is 0 Å². The molecule has 4 heterocycles. The lowest BCUT2D eigenvalue weighted by atomic mass is 9.33. The SMILES string of the molecule is CC(C)(C)c1ccc2c(c1)B1c3cc(C(C)(C)C)cc4c3N(c3cc(N5c6ccc(C(C)(C)C)cc6C6(C)CCCCC56C)cc(c31)N2c1ccc(C(C)(C)C)cc1-c1ccccc1)C1(C)CCCCC41c1ccccc1. The summed E-state index contributed by atoms with van der Waals surface area (Å²) >= 11 is 0. The van der Waals surface area contributed by atoms with E-state index in [0.717, 1.165) is 19.3 Å². The van der Waals surface area contributed by atoms with Gasteiger partial charge in [-0.2, -0.15) is 0 Å². The van der Waals surface area contributed by atoms with E-state index in [-0.39, 0.29) is 50.3 Å². The van der Waals surface area contributed by atoms with Gasteiger partial charge in [0.25, 0.3) is 6.71 Å². The van der Waals surface area contributed by atoms with Gasteiger partial charge in [-0.3, -0.25) is 0 Å². The number of fused-ring (bicyclic) bond motifs is 10. The minimum atomic E-state index is -0.243. The first-order chi connectivity index (χ1) is 36.3. The van der Waals surface area contributed by atoms with E-state index in [4.69, 9.17) is 0 Å². The normalized spacial score (nSPS) is 24.2. The molecule has 0 aromatic heterocycles. The molecule has 77 heavy (non-hydrogen) atoms. The largest absolute Gasteiger partial charge is 0.335 e. The Morgan fingerprint density at radius 3 is 1.58 bits per heavy atom. The highest BCUT2D eigenvalue weighted by molar-refractivity contribution is 7.00. The summed E-state index contributed by atoms with van der Waals surface area (Å²) in [5, 5.41) is 0. The van der Waals surface area contributed by atoms with Crippen molar-refractivity contribution in [3.8, 4) is 11.1 Å². The molecule has 6 aliphatic rings. The fraction of sp³-hybridized carbons (Fsp3) is 0.425. The summed E-state index contributed by atoms with van der Waals surface area (Å²) in [6, 6.07) is 56.5. The van der Waals surface area contributed by atoms with Crippen molar-refractivity contribution in [2.24, 2.45) is 0 Å². The molecule has 394 valence electrons. The monoisotopic (exact) mass is 1010 g/mol. The first-order valence-corrected chi connectivity index (χ1v) is 29.6. The zero-order valence-corrected chi connectivity index (χ0v) is 49.4. The Kier molecular flexibility index (Phi) is 10.8. The van der Waals surface area contributed by atoms with Gasteiger partial charge in [0.1, 0.15) is 0 Å². The van der Waals surface area contributed by atoms with Crippen LogP contribution in [-0.4, -0.2) is 17.8 Å². The van der Waals surface area contributed by atoms with E-state index < -0.39 is 0 Å². The van der Waals surface area contributed by atoms with E-state index in [1.807, 2.05) is 0 Å². The minimum absolute atomic E-state index is 0.0104. The fourth-order valence-corrected chi connectivity index (χ4v) is 16.3. The van der Waals surface area contributed by atoms with Crippen LogP contribution in [0.25, 0.3) is 11.1 Å². The third-order valence-corrected chi connectivity index (χ3v) is 20.9. The third kappa shape index (κ3) is 7.00. The summed E-state index contributed by atoms with van der Waals surface area (Å²) < 4.78 is 0. The standard InChI is InChI=1S/C73H84BN3/c1-66(2,3)49-30-33-59(54(40-49)47-26-18-16-19-27-47)75-61-35-32-51(68(7,8)9)43-57(61)74-58-44-52(69(10,11)12)42-56-65(58)77(72(15)38-24-25-39-73(56,72)48-28-20-17-21-29-48)63-46-53(45-62(75)64(63)74)76-60-34-31-50(67(4,5)6)41-55(60)70(13)36-22-23-37-71(70,76)14/h16-21,26-35,40-46H,22-25,36-39H2,1-15H3. The van der Waals surface area contributed by atoms with Gasteiger partial charge in [0.2, 0.25) is 0 Å². The van der Waals surface area contributed by atoms with Gasteiger partial charge in [-0.25, -0.2) is 0 Å². The maximum atomic E-state index is 2.99. The molecule has 3 nitrogen and oxygen atoms in total. The molecule has 0 spiro atoms. The molecule has 0 radical (unpaired) electrons. The summed E-state index contributed by atoms with van der Waals surface area (Å²) in [7, 11) is 0. The second-order valence-corrected chi connectivity index (χ2v) is 29.5. The van der Waals surface area contributed by atoms with E-state index in [1.54, 1.807) is 5.56 Å². The van der Waals surface area contributed by atoms with E-state index in [1.165, 1.54) is 133 Å². The molecule has 2 saturated carbocycles. The first kappa shape index (κ1) is 50.5. The van der Waals surface area contributed by atoms with Crippen LogP contribution in [0, 0.1) is 0 Å². The molecule has 4 heteroatoms. The summed E-state index contributed by atoms with van der Waals surface area (Å²) in [4.78, 5) is 8.63. The average Bonchev–Trinajstić information content (AvgIpc) is 2.88. The molecule has 13 rings (SSSR count). The van der Waals surface area contributed by atoms with Gasteiger partial charge in [-0.05, 0) is 158 Å². The summed E-state index contributed by atoms with van der Waals surface area (Å²) in [5.74, 6) is 0. The molecule has 7 aromatic rings. The summed E-state index contributed by atoms with van der Waals surface area (Å²) in [6.07, 6.45) is 9.48. The Morgan fingerprint density at radius 2 is 0.935 bits per heavy atom. The van der Waals surface area contributed by atoms with Crippen LogP contribution in [0.1, 0.15) is 194 Å². The van der Waals surface area contributed by atoms with Crippen molar-refractivity contribution in [2.45, 2.75) is 199 Å². The highest BCUT2D eigenvalue weighted by atomic mass is 15.3. The van der Waals surface area contributed by atoms with E-state index in [9.17, 15) is 0 Å². The van der Waals surface area contributed by atoms with Crippen LogP contribution in [0.3, 0.4) is 0 Å². The molecular weight excluding hydrogens is 930 g/mol. The van der Waals surface area contributed by atoms with E-state index in [0.29, 0.717) is 0 Å². The Bertz CT molecular complexity index is 3540. The van der Waals surface area contributed by atoms with Crippen molar-refractivity contribution in [1.29, 1.82) is 0 Å². The number of nitrogens with zero attached hydrogens (tertiary/aromatic N) is 3. The average molecular weight is 1010 g/mol. The molecule has 4 aliphatic heterocycles. The molecule has 0 bridgehead atoms. The van der Waals surface area contributed by atoms with Crippen LogP contribution in [0.5, 0.6) is 0 Å². The maximum Gasteiger partial charge on any atom is 0.252 e. The molecular formula is C73H84BN3. The molecule has 2 fully saturated rings. The van der Waals surface area contributed by atoms with Gasteiger partial charge in [0, 0.05) is 50.5 Å². The highest BCUT2D eigenvalue weighted by Gasteiger charge is 2.65. The lowest BCUT2D eigenvalue weighted by molar-refractivity contribution is 0.194. The van der Waals surface area contributed by atoms with Gasteiger partial charge in [-0.1, -0.05) is 219 Å². The van der Waals surface area contributed by atoms with Gasteiger partial charge in [0.15, 0.2) is 0 Å². The van der Waals surface area contributed by atoms with Crippen molar-refractivity contribution in [3.63, 3.8) is 0 Å². The zero-order valence-electron chi connectivity index (χ0n) is 49.4. The second kappa shape index (κ2) is 16.5. The smallest absolute Gasteiger partial charge is 0.252 e. The van der Waals surface area contributed by atoms with Crippen molar-refractivity contribution in [1.82, 2.24) is 0 Å². The number of benzene rings is 7. The predicted molar refractivity (Wildman–Crippen MR) is 331 cm³/mol. The molecule has 0 N–H and O–H groups in total. The number of hydrogen-bond donors (Lipinski definition) is 0. The summed E-state index contributed by atoms with van der Waals surface area (Å²) in [6.45, 7) is 36.7. The lowest BCUT2D eigenvalue weighted by Crippen LogP contribution is -2.65. The molecule has 0 amide bonds. The fourth-order valence-electron chi connectivity index (χ4n) is 16.3. The molecule has 0 saturated heterocycles. The number of hydrogen-bond acceptors (Lipinski definition) is 3. The molecule has 7 aromatic carbocycles. The minimum Gasteiger partial charge on any atom is -0.335 e. The van der Waals surface area contributed by atoms with E-state index in [2.05, 4.69) is 258 Å². The maximum absolute atomic E-state index is 2.99. The van der Waals surface area contributed by atoms with Crippen LogP contribution in [-0.2, 0) is 32.5 Å². The Morgan fingerprint density at radius 1 is 0.416 bits per heavy atom. The zero-order chi connectivity index (χ0) is 54.2. The first-order valence-electron chi connectivity index (χ1n) is 29.6. The Labute approximate surface area is 463 Å². The van der Waals surface area contributed by atoms with Crippen molar-refractivity contribution in [3.05, 3.63) is 178 Å². The molecule has 2 aliphatic carbocycles. The Hall–Kier alpha value is -6.00. The molecule has 4 atom stereocenters. The topological polar surface area (TPSA) is 9.72 Å². The number of anilines is 7. The lowest BCUT2D eigenvalue weighted by Gasteiger charge is -2.54. The Balaban J connectivity index is 1.21. The highest BCUT2D eigenvalue weighted by Crippen LogP contribution is 2.67. The van der Waals surface area contributed by atoms with Crippen LogP contribution >= 0.6 is 0 Å². The van der Waals surface area contributed by atoms with Crippen LogP contribution < -0.4 is 31.1 Å². The number of rotatable bonds is 4. The predicted octanol–water partition coefficient (Wildman–Crippen LogP) is 17.7. The van der Waals surface area contributed by atoms with Crippen molar-refractivity contribution < 1.29 is 0 Å². The van der Waals surface area contributed by atoms with Gasteiger partial charge in [-0.15, -0.1) is 0 Å². The van der Waals surface area contributed by atoms with Crippen LogP contribution in [0.4, 0.5) is 39.8 Å². The van der Waals surface area contributed by atoms with Gasteiger partial charge >= 0.3 is 0 Å². The van der Waals surface area contributed by atoms with Crippen LogP contribution in [0.15, 0.2) is 140 Å². The van der Waals surface area contributed by atoms with Crippen molar-refractivity contribution >= 4 is 62.9 Å². The summed E-state index contributed by atoms with van der Waals surface area (Å²) in [5.41, 5.74) is 25.6. The van der Waals surface area contributed by atoms with Crippen molar-refractivity contribution in [2.75, 3.05) is 14.7 Å². The van der Waals surface area contributed by atoms with Gasteiger partial charge < -0.3 is 14.7 Å². The molecule has 4 unspecified atom stereocenters. The quantitative estimate of drug-likeness (QED) is 0.163. The second-order valence-electron chi connectivity index (χ2n) is 29.5.